The highest BCUT2D eigenvalue weighted by molar-refractivity contribution is 6.31. The van der Waals surface area contributed by atoms with Crippen molar-refractivity contribution in [1.82, 2.24) is 5.32 Å². The molecule has 2 aromatic rings. The Hall–Kier alpha value is -1.16. The van der Waals surface area contributed by atoms with E-state index in [-0.39, 0.29) is 10.0 Å². The molecule has 100 valence electrons. The number of halogens is 4. The van der Waals surface area contributed by atoms with Crippen molar-refractivity contribution in [3.63, 3.8) is 0 Å². The van der Waals surface area contributed by atoms with Crippen LogP contribution in [0.4, 0.5) is 8.78 Å². The Morgan fingerprint density at radius 3 is 1.58 bits per heavy atom. The minimum absolute atomic E-state index is 0.101. The average molecular weight is 302 g/mol. The van der Waals surface area contributed by atoms with Crippen molar-refractivity contribution in [1.29, 1.82) is 0 Å². The van der Waals surface area contributed by atoms with Gasteiger partial charge in [-0.1, -0.05) is 35.3 Å². The summed E-state index contributed by atoms with van der Waals surface area (Å²) in [5.41, 5.74) is 1.75. The molecular weight excluding hydrogens is 291 g/mol. The summed E-state index contributed by atoms with van der Waals surface area (Å²) in [6, 6.07) is 9.11. The van der Waals surface area contributed by atoms with Crippen LogP contribution in [-0.4, -0.2) is 0 Å². The van der Waals surface area contributed by atoms with Gasteiger partial charge in [-0.05, 0) is 35.4 Å². The summed E-state index contributed by atoms with van der Waals surface area (Å²) in [7, 11) is 0. The maximum atomic E-state index is 13.0. The van der Waals surface area contributed by atoms with E-state index >= 15 is 0 Å². The second kappa shape index (κ2) is 6.33. The molecule has 0 amide bonds. The van der Waals surface area contributed by atoms with Gasteiger partial charge in [-0.3, -0.25) is 0 Å². The van der Waals surface area contributed by atoms with Crippen LogP contribution >= 0.6 is 23.2 Å². The lowest BCUT2D eigenvalue weighted by atomic mass is 10.2. The molecule has 0 aliphatic rings. The van der Waals surface area contributed by atoms with Crippen LogP contribution in [-0.2, 0) is 13.1 Å². The molecule has 1 N–H and O–H groups in total. The average Bonchev–Trinajstić information content (AvgIpc) is 2.38. The lowest BCUT2D eigenvalue weighted by Gasteiger charge is -2.06. The molecule has 0 saturated carbocycles. The maximum absolute atomic E-state index is 13.0. The van der Waals surface area contributed by atoms with Crippen molar-refractivity contribution >= 4 is 23.2 Å². The Bertz CT molecular complexity index is 536. The zero-order valence-electron chi connectivity index (χ0n) is 9.89. The van der Waals surface area contributed by atoms with Crippen LogP contribution in [0, 0.1) is 11.6 Å². The first-order valence-electron chi connectivity index (χ1n) is 5.65. The SMILES string of the molecule is Fc1ccc(CNCc2ccc(F)c(Cl)c2)cc1Cl. The van der Waals surface area contributed by atoms with Crippen molar-refractivity contribution in [3.05, 3.63) is 69.2 Å². The van der Waals surface area contributed by atoms with Gasteiger partial charge in [-0.25, -0.2) is 8.78 Å². The molecule has 0 saturated heterocycles. The molecule has 0 radical (unpaired) electrons. The van der Waals surface area contributed by atoms with Gasteiger partial charge in [0.25, 0.3) is 0 Å². The maximum Gasteiger partial charge on any atom is 0.141 e. The summed E-state index contributed by atoms with van der Waals surface area (Å²) < 4.78 is 25.9. The summed E-state index contributed by atoms with van der Waals surface area (Å²) in [4.78, 5) is 0. The van der Waals surface area contributed by atoms with Crippen LogP contribution in [0.2, 0.25) is 10.0 Å². The highest BCUT2D eigenvalue weighted by atomic mass is 35.5. The van der Waals surface area contributed by atoms with Gasteiger partial charge in [-0.2, -0.15) is 0 Å². The third-order valence-electron chi connectivity index (χ3n) is 2.63. The second-order valence-corrected chi connectivity index (χ2v) is 4.91. The third-order valence-corrected chi connectivity index (χ3v) is 3.21. The third kappa shape index (κ3) is 3.90. The molecular formula is C14H11Cl2F2N. The summed E-state index contributed by atoms with van der Waals surface area (Å²) in [6.45, 7) is 1.07. The highest BCUT2D eigenvalue weighted by Crippen LogP contribution is 2.17. The molecule has 0 unspecified atom stereocenters. The van der Waals surface area contributed by atoms with Gasteiger partial charge in [0.1, 0.15) is 11.6 Å². The predicted molar refractivity (Wildman–Crippen MR) is 73.4 cm³/mol. The lowest BCUT2D eigenvalue weighted by molar-refractivity contribution is 0.623. The topological polar surface area (TPSA) is 12.0 Å². The predicted octanol–water partition coefficient (Wildman–Crippen LogP) is 4.56. The molecule has 2 rings (SSSR count). The molecule has 5 heteroatoms. The number of hydrogen-bond donors (Lipinski definition) is 1. The van der Waals surface area contributed by atoms with Gasteiger partial charge >= 0.3 is 0 Å². The molecule has 0 bridgehead atoms. The molecule has 19 heavy (non-hydrogen) atoms. The van der Waals surface area contributed by atoms with Crippen LogP contribution in [0.1, 0.15) is 11.1 Å². The van der Waals surface area contributed by atoms with Crippen molar-refractivity contribution in [2.24, 2.45) is 0 Å². The molecule has 0 heterocycles. The zero-order chi connectivity index (χ0) is 13.8. The Labute approximate surface area is 120 Å². The number of nitrogens with one attached hydrogen (secondary N) is 1. The van der Waals surface area contributed by atoms with E-state index in [0.29, 0.717) is 13.1 Å². The lowest BCUT2D eigenvalue weighted by Crippen LogP contribution is -2.12. The quantitative estimate of drug-likeness (QED) is 0.873. The van der Waals surface area contributed by atoms with E-state index < -0.39 is 11.6 Å². The first-order chi connectivity index (χ1) is 9.06. The minimum atomic E-state index is -0.435. The van der Waals surface area contributed by atoms with E-state index in [4.69, 9.17) is 23.2 Å². The minimum Gasteiger partial charge on any atom is -0.309 e. The van der Waals surface area contributed by atoms with E-state index in [9.17, 15) is 8.78 Å². The second-order valence-electron chi connectivity index (χ2n) is 4.10. The fraction of sp³-hybridized carbons (Fsp3) is 0.143. The summed E-state index contributed by atoms with van der Waals surface area (Å²) in [5.74, 6) is -0.869. The summed E-state index contributed by atoms with van der Waals surface area (Å²) in [5, 5.41) is 3.35. The highest BCUT2D eigenvalue weighted by Gasteiger charge is 2.02. The van der Waals surface area contributed by atoms with Crippen molar-refractivity contribution < 1.29 is 8.78 Å². The number of rotatable bonds is 4. The van der Waals surface area contributed by atoms with Gasteiger partial charge in [0.2, 0.25) is 0 Å². The normalized spacial score (nSPS) is 10.7. The summed E-state index contributed by atoms with van der Waals surface area (Å²) >= 11 is 11.4. The van der Waals surface area contributed by atoms with Crippen molar-refractivity contribution in [3.8, 4) is 0 Å². The van der Waals surface area contributed by atoms with Crippen molar-refractivity contribution in [2.75, 3.05) is 0 Å². The van der Waals surface area contributed by atoms with Crippen LogP contribution in [0.25, 0.3) is 0 Å². The van der Waals surface area contributed by atoms with E-state index in [1.165, 1.54) is 12.1 Å². The van der Waals surface area contributed by atoms with Crippen LogP contribution in [0.5, 0.6) is 0 Å². The first-order valence-corrected chi connectivity index (χ1v) is 6.40. The molecule has 0 aromatic heterocycles. The molecule has 0 aliphatic carbocycles. The molecule has 0 fully saturated rings. The van der Waals surface area contributed by atoms with Crippen molar-refractivity contribution in [2.45, 2.75) is 13.1 Å². The van der Waals surface area contributed by atoms with Gasteiger partial charge < -0.3 is 5.32 Å². The van der Waals surface area contributed by atoms with Gasteiger partial charge in [0.05, 0.1) is 10.0 Å². The van der Waals surface area contributed by atoms with Crippen LogP contribution in [0.15, 0.2) is 36.4 Å². The monoisotopic (exact) mass is 301 g/mol. The number of hydrogen-bond acceptors (Lipinski definition) is 1. The van der Waals surface area contributed by atoms with Gasteiger partial charge in [0.15, 0.2) is 0 Å². The zero-order valence-corrected chi connectivity index (χ0v) is 11.4. The Morgan fingerprint density at radius 1 is 0.789 bits per heavy atom. The molecule has 0 aliphatic heterocycles. The van der Waals surface area contributed by atoms with E-state index in [1.54, 1.807) is 24.3 Å². The van der Waals surface area contributed by atoms with Gasteiger partial charge in [0, 0.05) is 13.1 Å². The Balaban J connectivity index is 1.92. The molecule has 0 atom stereocenters. The van der Waals surface area contributed by atoms with E-state index in [0.717, 1.165) is 11.1 Å². The Morgan fingerprint density at radius 2 is 1.21 bits per heavy atom. The standard InChI is InChI=1S/C14H11Cl2F2N/c15-11-5-9(1-3-13(11)17)7-19-8-10-2-4-14(18)12(16)6-10/h1-6,19H,7-8H2. The van der Waals surface area contributed by atoms with Crippen LogP contribution < -0.4 is 5.32 Å². The molecule has 0 spiro atoms. The molecule has 1 nitrogen and oxygen atoms in total. The first kappa shape index (κ1) is 14.3. The summed E-state index contributed by atoms with van der Waals surface area (Å²) in [6.07, 6.45) is 0. The number of benzene rings is 2. The Kier molecular flexibility index (Phi) is 4.75. The van der Waals surface area contributed by atoms with Gasteiger partial charge in [-0.15, -0.1) is 0 Å². The smallest absolute Gasteiger partial charge is 0.141 e. The fourth-order valence-corrected chi connectivity index (χ4v) is 2.06. The fourth-order valence-electron chi connectivity index (χ4n) is 1.65. The van der Waals surface area contributed by atoms with E-state index in [1.807, 2.05) is 0 Å². The van der Waals surface area contributed by atoms with Crippen LogP contribution in [0.3, 0.4) is 0 Å². The van der Waals surface area contributed by atoms with E-state index in [2.05, 4.69) is 5.32 Å². The largest absolute Gasteiger partial charge is 0.309 e. The molecule has 2 aromatic carbocycles.